The average Bonchev–Trinajstić information content (AvgIpc) is 3.06. The summed E-state index contributed by atoms with van der Waals surface area (Å²) in [6, 6.07) is 7.73. The zero-order valence-electron chi connectivity index (χ0n) is 13.1. The van der Waals surface area contributed by atoms with Gasteiger partial charge in [0.2, 0.25) is 5.88 Å². The van der Waals surface area contributed by atoms with Gasteiger partial charge >= 0.3 is 0 Å². The maximum Gasteiger partial charge on any atom is 0.269 e. The first-order valence-electron chi connectivity index (χ1n) is 7.44. The summed E-state index contributed by atoms with van der Waals surface area (Å²) in [6.07, 6.45) is 2.01. The normalized spacial score (nSPS) is 19.1. The van der Waals surface area contributed by atoms with E-state index < -0.39 is 21.9 Å². The quantitative estimate of drug-likeness (QED) is 0.711. The van der Waals surface area contributed by atoms with Gasteiger partial charge in [0, 0.05) is 12.6 Å². The third-order valence-electron chi connectivity index (χ3n) is 4.24. The molecule has 0 spiro atoms. The number of ether oxygens (including phenoxy) is 1. The van der Waals surface area contributed by atoms with Crippen molar-refractivity contribution in [1.82, 2.24) is 13.9 Å². The van der Waals surface area contributed by atoms with Gasteiger partial charge in [0.05, 0.1) is 23.3 Å². The zero-order valence-corrected chi connectivity index (χ0v) is 13.9. The molecule has 1 aliphatic carbocycles. The summed E-state index contributed by atoms with van der Waals surface area (Å²) >= 11 is 0. The van der Waals surface area contributed by atoms with Gasteiger partial charge in [-0.1, -0.05) is 18.2 Å². The smallest absolute Gasteiger partial charge is 0.269 e. The van der Waals surface area contributed by atoms with Gasteiger partial charge in [-0.3, -0.25) is 0 Å². The Balaban J connectivity index is 2.00. The second-order valence-corrected chi connectivity index (χ2v) is 7.61. The molecule has 0 N–H and O–H groups in total. The first-order valence-corrected chi connectivity index (χ1v) is 8.88. The van der Waals surface area contributed by atoms with E-state index in [9.17, 15) is 17.2 Å². The number of nitrogens with zero attached hydrogens (tertiary/aromatic N) is 3. The summed E-state index contributed by atoms with van der Waals surface area (Å²) in [5.41, 5.74) is 0.199. The summed E-state index contributed by atoms with van der Waals surface area (Å²) in [7, 11) is -2.64. The van der Waals surface area contributed by atoms with E-state index in [1.807, 2.05) is 0 Å². The highest BCUT2D eigenvalue weighted by Gasteiger charge is 2.59. The lowest BCUT2D eigenvalue weighted by atomic mass is 10.1. The molecule has 4 rings (SSSR count). The molecule has 0 saturated heterocycles. The Morgan fingerprint density at radius 3 is 2.52 bits per heavy atom. The second-order valence-electron chi connectivity index (χ2n) is 5.80. The fourth-order valence-electron chi connectivity index (χ4n) is 2.89. The van der Waals surface area contributed by atoms with E-state index in [-0.39, 0.29) is 33.8 Å². The van der Waals surface area contributed by atoms with Gasteiger partial charge in [0.1, 0.15) is 6.33 Å². The Bertz CT molecular complexity index is 1060. The molecule has 25 heavy (non-hydrogen) atoms. The third-order valence-corrected chi connectivity index (χ3v) is 5.91. The van der Waals surface area contributed by atoms with Crippen LogP contribution in [0.5, 0.6) is 5.88 Å². The van der Waals surface area contributed by atoms with Crippen LogP contribution in [0.3, 0.4) is 0 Å². The van der Waals surface area contributed by atoms with E-state index >= 15 is 0 Å². The van der Waals surface area contributed by atoms with Gasteiger partial charge in [0.15, 0.2) is 5.65 Å². The topological polar surface area (TPSA) is 74.1 Å². The zero-order chi connectivity index (χ0) is 17.8. The van der Waals surface area contributed by atoms with Crippen molar-refractivity contribution in [3.63, 3.8) is 0 Å². The van der Waals surface area contributed by atoms with Crippen molar-refractivity contribution in [2.24, 2.45) is 0 Å². The first-order chi connectivity index (χ1) is 11.9. The maximum atomic E-state index is 13.6. The highest BCUT2D eigenvalue weighted by Crippen LogP contribution is 2.58. The lowest BCUT2D eigenvalue weighted by molar-refractivity contribution is 0.112. The van der Waals surface area contributed by atoms with E-state index in [1.165, 1.54) is 25.4 Å². The minimum atomic E-state index is -3.99. The van der Waals surface area contributed by atoms with E-state index in [4.69, 9.17) is 4.74 Å². The van der Waals surface area contributed by atoms with Gasteiger partial charge < -0.3 is 4.74 Å². The molecule has 2 aromatic heterocycles. The summed E-state index contributed by atoms with van der Waals surface area (Å²) < 4.78 is 59.2. The highest BCUT2D eigenvalue weighted by molar-refractivity contribution is 7.90. The highest BCUT2D eigenvalue weighted by atomic mass is 32.2. The maximum absolute atomic E-state index is 13.6. The average molecular weight is 365 g/mol. The fourth-order valence-corrected chi connectivity index (χ4v) is 4.24. The minimum absolute atomic E-state index is 0.0217. The monoisotopic (exact) mass is 365 g/mol. The lowest BCUT2D eigenvalue weighted by Gasteiger charge is -2.07. The van der Waals surface area contributed by atoms with Crippen molar-refractivity contribution in [2.75, 3.05) is 7.11 Å². The standard InChI is InChI=1S/C16H13F2N3O3S/c1-24-15-13-11(12-7-16(12,17)18)8-21(14(13)19-9-20-15)25(22,23)10-5-3-2-4-6-10/h2-6,8-9,12H,7H2,1H3. The molecule has 0 amide bonds. The number of rotatable bonds is 4. The Kier molecular flexibility index (Phi) is 3.33. The summed E-state index contributed by atoms with van der Waals surface area (Å²) in [6.45, 7) is 0. The first kappa shape index (κ1) is 15.9. The molecule has 1 aliphatic rings. The van der Waals surface area contributed by atoms with Crippen LogP contribution in [0, 0.1) is 0 Å². The SMILES string of the molecule is COc1ncnc2c1c(C1CC1(F)F)cn2S(=O)(=O)c1ccccc1. The minimum Gasteiger partial charge on any atom is -0.480 e. The predicted molar refractivity (Wildman–Crippen MR) is 85.4 cm³/mol. The predicted octanol–water partition coefficient (Wildman–Crippen LogP) is 2.80. The Morgan fingerprint density at radius 2 is 1.92 bits per heavy atom. The van der Waals surface area contributed by atoms with Gasteiger partial charge in [-0.15, -0.1) is 0 Å². The number of benzene rings is 1. The largest absolute Gasteiger partial charge is 0.480 e. The molecule has 1 atom stereocenters. The van der Waals surface area contributed by atoms with Crippen molar-refractivity contribution in [3.05, 3.63) is 48.4 Å². The van der Waals surface area contributed by atoms with E-state index in [0.717, 1.165) is 10.3 Å². The second kappa shape index (κ2) is 5.22. The molecular formula is C16H13F2N3O3S. The number of alkyl halides is 2. The summed E-state index contributed by atoms with van der Waals surface area (Å²) in [5.74, 6) is -3.86. The van der Waals surface area contributed by atoms with Crippen molar-refractivity contribution in [2.45, 2.75) is 23.2 Å². The fraction of sp³-hybridized carbons (Fsp3) is 0.250. The molecule has 130 valence electrons. The molecular weight excluding hydrogens is 352 g/mol. The molecule has 6 nitrogen and oxygen atoms in total. The van der Waals surface area contributed by atoms with Crippen LogP contribution in [0.1, 0.15) is 17.9 Å². The molecule has 1 saturated carbocycles. The van der Waals surface area contributed by atoms with Crippen molar-refractivity contribution in [1.29, 1.82) is 0 Å². The number of aromatic nitrogens is 3. The van der Waals surface area contributed by atoms with Crippen molar-refractivity contribution in [3.8, 4) is 5.88 Å². The van der Waals surface area contributed by atoms with E-state index in [2.05, 4.69) is 9.97 Å². The van der Waals surface area contributed by atoms with Crippen LogP contribution in [0.25, 0.3) is 11.0 Å². The number of hydrogen-bond donors (Lipinski definition) is 0. The van der Waals surface area contributed by atoms with Crippen LogP contribution in [0.2, 0.25) is 0 Å². The van der Waals surface area contributed by atoms with Crippen molar-refractivity contribution < 1.29 is 21.9 Å². The van der Waals surface area contributed by atoms with Crippen LogP contribution in [-0.2, 0) is 10.0 Å². The third kappa shape index (κ3) is 2.38. The van der Waals surface area contributed by atoms with Crippen LogP contribution >= 0.6 is 0 Å². The summed E-state index contributed by atoms with van der Waals surface area (Å²) in [5, 5.41) is 0.201. The number of fused-ring (bicyclic) bond motifs is 1. The van der Waals surface area contributed by atoms with Crippen LogP contribution in [0.15, 0.2) is 47.8 Å². The molecule has 1 unspecified atom stereocenters. The van der Waals surface area contributed by atoms with Crippen LogP contribution in [0.4, 0.5) is 8.78 Å². The number of hydrogen-bond acceptors (Lipinski definition) is 5. The van der Waals surface area contributed by atoms with Crippen LogP contribution in [-0.4, -0.2) is 35.4 Å². The Hall–Kier alpha value is -2.55. The molecule has 3 aromatic rings. The van der Waals surface area contributed by atoms with Crippen LogP contribution < -0.4 is 4.74 Å². The summed E-state index contributed by atoms with van der Waals surface area (Å²) in [4.78, 5) is 7.97. The van der Waals surface area contributed by atoms with Gasteiger partial charge in [-0.25, -0.2) is 31.1 Å². The van der Waals surface area contributed by atoms with E-state index in [0.29, 0.717) is 0 Å². The van der Waals surface area contributed by atoms with Gasteiger partial charge in [-0.2, -0.15) is 0 Å². The van der Waals surface area contributed by atoms with Gasteiger partial charge in [0.25, 0.3) is 15.9 Å². The number of methoxy groups -OCH3 is 1. The molecule has 0 aliphatic heterocycles. The molecule has 9 heteroatoms. The molecule has 2 heterocycles. The lowest BCUT2D eigenvalue weighted by Crippen LogP contribution is -2.12. The molecule has 0 bridgehead atoms. The molecule has 1 aromatic carbocycles. The molecule has 0 radical (unpaired) electrons. The molecule has 1 fully saturated rings. The van der Waals surface area contributed by atoms with E-state index in [1.54, 1.807) is 18.2 Å². The number of halogens is 2. The Labute approximate surface area is 142 Å². The van der Waals surface area contributed by atoms with Gasteiger partial charge in [-0.05, 0) is 17.7 Å². The Morgan fingerprint density at radius 1 is 1.24 bits per heavy atom. The van der Waals surface area contributed by atoms with Crippen molar-refractivity contribution >= 4 is 21.1 Å².